The van der Waals surface area contributed by atoms with Crippen LogP contribution in [0.5, 0.6) is 0 Å². The van der Waals surface area contributed by atoms with Crippen molar-refractivity contribution in [2.24, 2.45) is 0 Å². The number of nitrogens with one attached hydrogen (secondary N) is 1. The minimum absolute atomic E-state index is 0.0983. The minimum atomic E-state index is -0.122. The number of amides is 3. The molecule has 3 aromatic rings. The van der Waals surface area contributed by atoms with Crippen molar-refractivity contribution >= 4 is 23.0 Å². The van der Waals surface area contributed by atoms with Crippen molar-refractivity contribution in [3.8, 4) is 11.3 Å². The van der Waals surface area contributed by atoms with Crippen molar-refractivity contribution in [1.29, 1.82) is 0 Å². The Morgan fingerprint density at radius 2 is 1.80 bits per heavy atom. The lowest BCUT2D eigenvalue weighted by molar-refractivity contribution is 0.0667. The highest BCUT2D eigenvalue weighted by atomic mass is 16.5. The molecule has 158 valence electrons. The van der Waals surface area contributed by atoms with Gasteiger partial charge in [-0.1, -0.05) is 5.16 Å². The largest absolute Gasteiger partial charge is 0.466 e. The number of hydrogen-bond acceptors (Lipinski definition) is 6. The highest BCUT2D eigenvalue weighted by molar-refractivity contribution is 6.07. The standard InChI is InChI=1S/C21H25N5O4/c1-5-22-21(28)26-8-6-25(7-9-26)20(27)16-11-17(15-10-12(2)29-14(15)4)23-19-18(16)13(3)24-30-19/h10-11H,5-9H2,1-4H3,(H,22,28). The number of aromatic nitrogens is 2. The van der Waals surface area contributed by atoms with Crippen LogP contribution in [0.1, 0.15) is 34.5 Å². The van der Waals surface area contributed by atoms with Gasteiger partial charge in [0.1, 0.15) is 11.5 Å². The quantitative estimate of drug-likeness (QED) is 0.711. The Kier molecular flexibility index (Phi) is 5.19. The van der Waals surface area contributed by atoms with Crippen LogP contribution < -0.4 is 5.32 Å². The number of urea groups is 1. The third kappa shape index (κ3) is 3.51. The number of aryl methyl sites for hydroxylation is 3. The van der Waals surface area contributed by atoms with E-state index < -0.39 is 0 Å². The molecule has 3 aromatic heterocycles. The van der Waals surface area contributed by atoms with E-state index >= 15 is 0 Å². The topological polar surface area (TPSA) is 105 Å². The fraction of sp³-hybridized carbons (Fsp3) is 0.429. The molecule has 1 saturated heterocycles. The minimum Gasteiger partial charge on any atom is -0.466 e. The molecule has 3 amide bonds. The second kappa shape index (κ2) is 7.81. The van der Waals surface area contributed by atoms with E-state index in [0.717, 1.165) is 17.1 Å². The van der Waals surface area contributed by atoms with Crippen LogP contribution in [0.15, 0.2) is 21.1 Å². The predicted octanol–water partition coefficient (Wildman–Crippen LogP) is 2.90. The van der Waals surface area contributed by atoms with Crippen molar-refractivity contribution < 1.29 is 18.5 Å². The van der Waals surface area contributed by atoms with Crippen molar-refractivity contribution in [2.75, 3.05) is 32.7 Å². The molecule has 4 rings (SSSR count). The van der Waals surface area contributed by atoms with Crippen LogP contribution in [-0.2, 0) is 0 Å². The average Bonchev–Trinajstić information content (AvgIpc) is 3.28. The summed E-state index contributed by atoms with van der Waals surface area (Å²) < 4.78 is 11.0. The summed E-state index contributed by atoms with van der Waals surface area (Å²) in [5.41, 5.74) is 2.87. The molecule has 1 aliphatic rings. The second-order valence-electron chi connectivity index (χ2n) is 7.44. The maximum Gasteiger partial charge on any atom is 0.317 e. The van der Waals surface area contributed by atoms with Gasteiger partial charge < -0.3 is 24.1 Å². The Morgan fingerprint density at radius 3 is 2.43 bits per heavy atom. The van der Waals surface area contributed by atoms with Gasteiger partial charge in [0.25, 0.3) is 11.6 Å². The molecular weight excluding hydrogens is 386 g/mol. The van der Waals surface area contributed by atoms with Crippen LogP contribution in [0.25, 0.3) is 22.4 Å². The lowest BCUT2D eigenvalue weighted by Crippen LogP contribution is -2.53. The van der Waals surface area contributed by atoms with Crippen LogP contribution in [0, 0.1) is 20.8 Å². The highest BCUT2D eigenvalue weighted by Gasteiger charge is 2.28. The lowest BCUT2D eigenvalue weighted by atomic mass is 10.0. The number of rotatable bonds is 3. The number of furan rings is 1. The van der Waals surface area contributed by atoms with E-state index in [1.54, 1.807) is 22.8 Å². The zero-order valence-corrected chi connectivity index (χ0v) is 17.6. The van der Waals surface area contributed by atoms with E-state index in [9.17, 15) is 9.59 Å². The summed E-state index contributed by atoms with van der Waals surface area (Å²) in [5.74, 6) is 1.38. The van der Waals surface area contributed by atoms with Gasteiger partial charge in [-0.15, -0.1) is 0 Å². The first-order valence-corrected chi connectivity index (χ1v) is 10.1. The van der Waals surface area contributed by atoms with E-state index in [0.29, 0.717) is 60.8 Å². The molecule has 30 heavy (non-hydrogen) atoms. The molecule has 0 aromatic carbocycles. The maximum atomic E-state index is 13.4. The molecule has 0 radical (unpaired) electrons. The van der Waals surface area contributed by atoms with Crippen LogP contribution in [-0.4, -0.2) is 64.6 Å². The number of hydrogen-bond donors (Lipinski definition) is 1. The third-order valence-electron chi connectivity index (χ3n) is 5.35. The lowest BCUT2D eigenvalue weighted by Gasteiger charge is -2.34. The molecule has 0 atom stereocenters. The molecule has 1 fully saturated rings. The third-order valence-corrected chi connectivity index (χ3v) is 5.35. The summed E-state index contributed by atoms with van der Waals surface area (Å²) in [5, 5.41) is 7.43. The normalized spacial score (nSPS) is 14.4. The zero-order chi connectivity index (χ0) is 21.4. The van der Waals surface area contributed by atoms with Gasteiger partial charge in [-0.25, -0.2) is 9.78 Å². The van der Waals surface area contributed by atoms with E-state index in [1.165, 1.54) is 0 Å². The molecule has 0 aliphatic carbocycles. The summed E-state index contributed by atoms with van der Waals surface area (Å²) in [6.07, 6.45) is 0. The highest BCUT2D eigenvalue weighted by Crippen LogP contribution is 2.31. The van der Waals surface area contributed by atoms with Gasteiger partial charge in [0.15, 0.2) is 0 Å². The summed E-state index contributed by atoms with van der Waals surface area (Å²) >= 11 is 0. The summed E-state index contributed by atoms with van der Waals surface area (Å²) in [6, 6.07) is 3.58. The Labute approximate surface area is 174 Å². The van der Waals surface area contributed by atoms with Crippen molar-refractivity contribution in [1.82, 2.24) is 25.3 Å². The van der Waals surface area contributed by atoms with Crippen LogP contribution in [0.2, 0.25) is 0 Å². The molecule has 0 bridgehead atoms. The maximum absolute atomic E-state index is 13.4. The van der Waals surface area contributed by atoms with Crippen LogP contribution in [0.3, 0.4) is 0 Å². The van der Waals surface area contributed by atoms with Crippen LogP contribution >= 0.6 is 0 Å². The fourth-order valence-corrected chi connectivity index (χ4v) is 3.83. The first kappa shape index (κ1) is 19.9. The summed E-state index contributed by atoms with van der Waals surface area (Å²) in [4.78, 5) is 33.5. The van der Waals surface area contributed by atoms with Crippen molar-refractivity contribution in [3.05, 3.63) is 34.9 Å². The molecule has 0 unspecified atom stereocenters. The molecule has 0 spiro atoms. The molecule has 9 heteroatoms. The van der Waals surface area contributed by atoms with Crippen molar-refractivity contribution in [2.45, 2.75) is 27.7 Å². The zero-order valence-electron chi connectivity index (χ0n) is 17.6. The van der Waals surface area contributed by atoms with E-state index in [-0.39, 0.29) is 11.9 Å². The molecule has 1 N–H and O–H groups in total. The second-order valence-corrected chi connectivity index (χ2v) is 7.44. The predicted molar refractivity (Wildman–Crippen MR) is 110 cm³/mol. The molecule has 0 saturated carbocycles. The monoisotopic (exact) mass is 411 g/mol. The molecule has 4 heterocycles. The van der Waals surface area contributed by atoms with Gasteiger partial charge in [0.05, 0.1) is 22.3 Å². The van der Waals surface area contributed by atoms with Gasteiger partial charge in [0, 0.05) is 38.3 Å². The molecule has 9 nitrogen and oxygen atoms in total. The number of nitrogens with zero attached hydrogens (tertiary/aromatic N) is 4. The smallest absolute Gasteiger partial charge is 0.317 e. The fourth-order valence-electron chi connectivity index (χ4n) is 3.83. The summed E-state index contributed by atoms with van der Waals surface area (Å²) in [7, 11) is 0. The first-order chi connectivity index (χ1) is 14.4. The summed E-state index contributed by atoms with van der Waals surface area (Å²) in [6.45, 7) is 9.89. The number of carbonyl (C=O) groups excluding carboxylic acids is 2. The first-order valence-electron chi connectivity index (χ1n) is 10.1. The molecular formula is C21H25N5O4. The number of piperazine rings is 1. The Balaban J connectivity index is 1.66. The van der Waals surface area contributed by atoms with Crippen LogP contribution in [0.4, 0.5) is 4.79 Å². The van der Waals surface area contributed by atoms with Crippen molar-refractivity contribution in [3.63, 3.8) is 0 Å². The number of pyridine rings is 1. The van der Waals surface area contributed by atoms with Gasteiger partial charge in [0.2, 0.25) is 0 Å². The van der Waals surface area contributed by atoms with Gasteiger partial charge in [-0.2, -0.15) is 0 Å². The van der Waals surface area contributed by atoms with E-state index in [4.69, 9.17) is 8.94 Å². The SMILES string of the molecule is CCNC(=O)N1CCN(C(=O)c2cc(-c3cc(C)oc3C)nc3onc(C)c23)CC1. The Hall–Kier alpha value is -3.36. The van der Waals surface area contributed by atoms with Gasteiger partial charge >= 0.3 is 6.03 Å². The number of fused-ring (bicyclic) bond motifs is 1. The Morgan fingerprint density at radius 1 is 1.10 bits per heavy atom. The van der Waals surface area contributed by atoms with Gasteiger partial charge in [-0.3, -0.25) is 4.79 Å². The van der Waals surface area contributed by atoms with E-state index in [2.05, 4.69) is 15.5 Å². The average molecular weight is 411 g/mol. The number of carbonyl (C=O) groups is 2. The van der Waals surface area contributed by atoms with E-state index in [1.807, 2.05) is 26.8 Å². The molecule has 1 aliphatic heterocycles. The van der Waals surface area contributed by atoms with Gasteiger partial charge in [-0.05, 0) is 39.8 Å². The Bertz CT molecular complexity index is 1110.